The number of benzene rings is 2. The molecule has 2 N–H and O–H groups in total. The Morgan fingerprint density at radius 1 is 1.12 bits per heavy atom. The molecule has 2 aromatic carbocycles. The van der Waals surface area contributed by atoms with Crippen LogP contribution in [-0.4, -0.2) is 17.6 Å². The summed E-state index contributed by atoms with van der Waals surface area (Å²) >= 11 is 0. The van der Waals surface area contributed by atoms with Crippen molar-refractivity contribution in [3.05, 3.63) is 71.3 Å². The lowest BCUT2D eigenvalue weighted by atomic mass is 9.96. The predicted octanol–water partition coefficient (Wildman–Crippen LogP) is 3.74. The third kappa shape index (κ3) is 4.04. The Balaban J connectivity index is 1.64. The van der Waals surface area contributed by atoms with E-state index < -0.39 is 0 Å². The van der Waals surface area contributed by atoms with Gasteiger partial charge in [0.05, 0.1) is 6.04 Å². The van der Waals surface area contributed by atoms with Crippen LogP contribution in [0.1, 0.15) is 54.3 Å². The lowest BCUT2D eigenvalue weighted by Gasteiger charge is -2.20. The zero-order valence-electron chi connectivity index (χ0n) is 13.9. The maximum absolute atomic E-state index is 12.6. The molecule has 3 heteroatoms. The second kappa shape index (κ2) is 8.11. The molecule has 1 amide bonds. The molecule has 2 atom stereocenters. The van der Waals surface area contributed by atoms with E-state index in [-0.39, 0.29) is 18.6 Å². The maximum Gasteiger partial charge on any atom is 0.221 e. The minimum atomic E-state index is -0.0255. The summed E-state index contributed by atoms with van der Waals surface area (Å²) in [6.07, 6.45) is 4.11. The number of hydrogen-bond acceptors (Lipinski definition) is 2. The molecule has 0 fully saturated rings. The molecule has 0 heterocycles. The van der Waals surface area contributed by atoms with Gasteiger partial charge in [-0.25, -0.2) is 0 Å². The van der Waals surface area contributed by atoms with Crippen molar-refractivity contribution in [3.63, 3.8) is 0 Å². The number of aliphatic hydroxyl groups is 1. The highest BCUT2D eigenvalue weighted by molar-refractivity contribution is 5.77. The van der Waals surface area contributed by atoms with Crippen LogP contribution in [0.4, 0.5) is 0 Å². The van der Waals surface area contributed by atoms with Gasteiger partial charge in [-0.1, -0.05) is 54.6 Å². The van der Waals surface area contributed by atoms with E-state index in [1.165, 1.54) is 11.1 Å². The molecule has 2 unspecified atom stereocenters. The third-order valence-corrected chi connectivity index (χ3v) is 4.88. The van der Waals surface area contributed by atoms with Gasteiger partial charge in [-0.05, 0) is 48.3 Å². The first-order chi connectivity index (χ1) is 11.8. The first-order valence-corrected chi connectivity index (χ1v) is 8.81. The number of nitrogens with one attached hydrogen (secondary N) is 1. The van der Waals surface area contributed by atoms with Crippen LogP contribution in [0.2, 0.25) is 0 Å². The zero-order valence-corrected chi connectivity index (χ0v) is 13.9. The van der Waals surface area contributed by atoms with E-state index in [0.717, 1.165) is 24.8 Å². The van der Waals surface area contributed by atoms with E-state index in [2.05, 4.69) is 29.6 Å². The minimum Gasteiger partial charge on any atom is -0.396 e. The fourth-order valence-electron chi connectivity index (χ4n) is 3.64. The number of aryl methyl sites for hydroxylation is 1. The standard InChI is InChI=1S/C21H25NO2/c23-14-6-11-20(17-8-2-1-3-9-17)22-21(24)15-18-13-12-16-7-4-5-10-19(16)18/h1-5,7-10,18,20,23H,6,11-15H2,(H,22,24). The average Bonchev–Trinajstić information content (AvgIpc) is 3.02. The Morgan fingerprint density at radius 2 is 1.88 bits per heavy atom. The normalized spacial score (nSPS) is 17.3. The van der Waals surface area contributed by atoms with Crippen LogP contribution >= 0.6 is 0 Å². The summed E-state index contributed by atoms with van der Waals surface area (Å²) in [7, 11) is 0. The Labute approximate surface area is 143 Å². The van der Waals surface area contributed by atoms with Gasteiger partial charge in [-0.15, -0.1) is 0 Å². The molecule has 0 aliphatic heterocycles. The van der Waals surface area contributed by atoms with E-state index in [4.69, 9.17) is 5.11 Å². The summed E-state index contributed by atoms with van der Waals surface area (Å²) in [5.41, 5.74) is 3.82. The minimum absolute atomic E-state index is 0.0255. The van der Waals surface area contributed by atoms with Gasteiger partial charge in [0.15, 0.2) is 0 Å². The van der Waals surface area contributed by atoms with E-state index >= 15 is 0 Å². The number of fused-ring (bicyclic) bond motifs is 1. The van der Waals surface area contributed by atoms with Crippen molar-refractivity contribution in [2.24, 2.45) is 0 Å². The van der Waals surface area contributed by atoms with Gasteiger partial charge >= 0.3 is 0 Å². The van der Waals surface area contributed by atoms with Gasteiger partial charge in [0, 0.05) is 13.0 Å². The largest absolute Gasteiger partial charge is 0.396 e. The van der Waals surface area contributed by atoms with Crippen LogP contribution in [0.3, 0.4) is 0 Å². The van der Waals surface area contributed by atoms with Crippen LogP contribution in [-0.2, 0) is 11.2 Å². The average molecular weight is 323 g/mol. The molecule has 3 rings (SSSR count). The molecule has 2 aromatic rings. The zero-order chi connectivity index (χ0) is 16.8. The van der Waals surface area contributed by atoms with Crippen molar-refractivity contribution >= 4 is 5.91 Å². The summed E-state index contributed by atoms with van der Waals surface area (Å²) in [5, 5.41) is 12.3. The monoisotopic (exact) mass is 323 g/mol. The quantitative estimate of drug-likeness (QED) is 0.815. The van der Waals surface area contributed by atoms with Crippen LogP contribution in [0.15, 0.2) is 54.6 Å². The molecule has 0 spiro atoms. The topological polar surface area (TPSA) is 49.3 Å². The van der Waals surface area contributed by atoms with Gasteiger partial charge in [-0.2, -0.15) is 0 Å². The van der Waals surface area contributed by atoms with Crippen LogP contribution in [0.5, 0.6) is 0 Å². The SMILES string of the molecule is O=C(CC1CCc2ccccc21)NC(CCCO)c1ccccc1. The highest BCUT2D eigenvalue weighted by Crippen LogP contribution is 2.35. The summed E-state index contributed by atoms with van der Waals surface area (Å²) in [6.45, 7) is 0.148. The highest BCUT2D eigenvalue weighted by Gasteiger charge is 2.25. The van der Waals surface area contributed by atoms with Crippen molar-refractivity contribution in [2.75, 3.05) is 6.61 Å². The molecular formula is C21H25NO2. The van der Waals surface area contributed by atoms with Gasteiger partial charge in [0.25, 0.3) is 0 Å². The first kappa shape index (κ1) is 16.7. The van der Waals surface area contributed by atoms with Gasteiger partial charge in [0.1, 0.15) is 0 Å². The Hall–Kier alpha value is -2.13. The second-order valence-corrected chi connectivity index (χ2v) is 6.54. The van der Waals surface area contributed by atoms with Crippen molar-refractivity contribution < 1.29 is 9.90 Å². The number of rotatable bonds is 7. The molecule has 0 saturated carbocycles. The van der Waals surface area contributed by atoms with Crippen LogP contribution in [0.25, 0.3) is 0 Å². The summed E-state index contributed by atoms with van der Waals surface area (Å²) in [5.74, 6) is 0.430. The molecule has 126 valence electrons. The van der Waals surface area contributed by atoms with Gasteiger partial charge in [0.2, 0.25) is 5.91 Å². The predicted molar refractivity (Wildman–Crippen MR) is 95.8 cm³/mol. The highest BCUT2D eigenvalue weighted by atomic mass is 16.3. The van der Waals surface area contributed by atoms with E-state index in [9.17, 15) is 4.79 Å². The molecule has 0 aromatic heterocycles. The molecule has 1 aliphatic carbocycles. The summed E-state index contributed by atoms with van der Waals surface area (Å²) in [6, 6.07) is 18.4. The summed E-state index contributed by atoms with van der Waals surface area (Å²) < 4.78 is 0. The Kier molecular flexibility index (Phi) is 5.65. The molecule has 0 saturated heterocycles. The van der Waals surface area contributed by atoms with Gasteiger partial charge < -0.3 is 10.4 Å². The third-order valence-electron chi connectivity index (χ3n) is 4.88. The molecule has 24 heavy (non-hydrogen) atoms. The van der Waals surface area contributed by atoms with Gasteiger partial charge in [-0.3, -0.25) is 4.79 Å². The summed E-state index contributed by atoms with van der Waals surface area (Å²) in [4.78, 5) is 12.6. The second-order valence-electron chi connectivity index (χ2n) is 6.54. The van der Waals surface area contributed by atoms with Crippen molar-refractivity contribution in [1.82, 2.24) is 5.32 Å². The molecule has 0 radical (unpaired) electrons. The van der Waals surface area contributed by atoms with Crippen molar-refractivity contribution in [2.45, 2.75) is 44.1 Å². The number of hydrogen-bond donors (Lipinski definition) is 2. The van der Waals surface area contributed by atoms with E-state index in [1.807, 2.05) is 30.3 Å². The maximum atomic E-state index is 12.6. The lowest BCUT2D eigenvalue weighted by Crippen LogP contribution is -2.29. The van der Waals surface area contributed by atoms with Crippen molar-refractivity contribution in [3.8, 4) is 0 Å². The molecular weight excluding hydrogens is 298 g/mol. The number of aliphatic hydroxyl groups excluding tert-OH is 1. The molecule has 1 aliphatic rings. The van der Waals surface area contributed by atoms with Crippen LogP contribution in [0, 0.1) is 0 Å². The Morgan fingerprint density at radius 3 is 2.67 bits per heavy atom. The fourth-order valence-corrected chi connectivity index (χ4v) is 3.64. The number of carbonyl (C=O) groups is 1. The van der Waals surface area contributed by atoms with E-state index in [0.29, 0.717) is 18.8 Å². The van der Waals surface area contributed by atoms with Crippen molar-refractivity contribution in [1.29, 1.82) is 0 Å². The first-order valence-electron chi connectivity index (χ1n) is 8.81. The molecule has 0 bridgehead atoms. The van der Waals surface area contributed by atoms with Crippen LogP contribution < -0.4 is 5.32 Å². The number of carbonyl (C=O) groups excluding carboxylic acids is 1. The Bertz CT molecular complexity index is 669. The number of amides is 1. The van der Waals surface area contributed by atoms with E-state index in [1.54, 1.807) is 0 Å². The smallest absolute Gasteiger partial charge is 0.221 e. The lowest BCUT2D eigenvalue weighted by molar-refractivity contribution is -0.122. The molecule has 3 nitrogen and oxygen atoms in total. The fraction of sp³-hybridized carbons (Fsp3) is 0.381.